The molecule has 0 aliphatic heterocycles. The zero-order valence-corrected chi connectivity index (χ0v) is 14.8. The Morgan fingerprint density at radius 3 is 2.52 bits per heavy atom. The number of nitrogens with one attached hydrogen (secondary N) is 2. The highest BCUT2D eigenvalue weighted by atomic mass is 32.2. The Hall–Kier alpha value is -2.78. The highest BCUT2D eigenvalue weighted by Gasteiger charge is 2.12. The van der Waals surface area contributed by atoms with Crippen LogP contribution in [0.25, 0.3) is 0 Å². The van der Waals surface area contributed by atoms with Crippen molar-refractivity contribution in [3.05, 3.63) is 59.9 Å². The fourth-order valence-corrected chi connectivity index (χ4v) is 3.32. The zero-order valence-electron chi connectivity index (χ0n) is 13.1. The number of thiazole rings is 1. The molecule has 7 nitrogen and oxygen atoms in total. The van der Waals surface area contributed by atoms with Gasteiger partial charge in [-0.3, -0.25) is 9.78 Å². The minimum Gasteiger partial charge on any atom is -0.332 e. The van der Waals surface area contributed by atoms with E-state index in [9.17, 15) is 13.2 Å². The first kappa shape index (κ1) is 17.1. The predicted molar refractivity (Wildman–Crippen MR) is 97.1 cm³/mol. The van der Waals surface area contributed by atoms with Gasteiger partial charge in [0.25, 0.3) is 5.91 Å². The van der Waals surface area contributed by atoms with Gasteiger partial charge >= 0.3 is 0 Å². The molecule has 9 heteroatoms. The summed E-state index contributed by atoms with van der Waals surface area (Å²) in [6.07, 6.45) is 4.33. The summed E-state index contributed by atoms with van der Waals surface area (Å²) < 4.78 is 22.9. The molecule has 2 aromatic heterocycles. The van der Waals surface area contributed by atoms with Crippen LogP contribution in [0.2, 0.25) is 0 Å². The summed E-state index contributed by atoms with van der Waals surface area (Å²) >= 11 is 1.28. The highest BCUT2D eigenvalue weighted by molar-refractivity contribution is 7.90. The molecule has 25 heavy (non-hydrogen) atoms. The van der Waals surface area contributed by atoms with Crippen molar-refractivity contribution in [1.82, 2.24) is 9.97 Å². The van der Waals surface area contributed by atoms with Crippen molar-refractivity contribution in [2.75, 3.05) is 16.9 Å². The lowest BCUT2D eigenvalue weighted by molar-refractivity contribution is 0.102. The quantitative estimate of drug-likeness (QED) is 0.712. The molecular weight excluding hydrogens is 360 g/mol. The number of anilines is 3. The van der Waals surface area contributed by atoms with Crippen LogP contribution in [-0.4, -0.2) is 30.5 Å². The molecule has 0 spiro atoms. The smallest absolute Gasteiger partial charge is 0.275 e. The molecule has 1 aromatic carbocycles. The Kier molecular flexibility index (Phi) is 4.77. The molecule has 128 valence electrons. The van der Waals surface area contributed by atoms with E-state index in [-0.39, 0.29) is 16.5 Å². The maximum Gasteiger partial charge on any atom is 0.275 e. The number of aromatic nitrogens is 2. The van der Waals surface area contributed by atoms with Crippen LogP contribution >= 0.6 is 11.3 Å². The summed E-state index contributed by atoms with van der Waals surface area (Å²) in [5.41, 5.74) is 1.55. The van der Waals surface area contributed by atoms with Crippen LogP contribution in [0.3, 0.4) is 0 Å². The molecule has 2 heterocycles. The molecule has 3 aromatic rings. The monoisotopic (exact) mass is 374 g/mol. The molecule has 0 unspecified atom stereocenters. The summed E-state index contributed by atoms with van der Waals surface area (Å²) in [5, 5.41) is 7.92. The lowest BCUT2D eigenvalue weighted by Crippen LogP contribution is -2.12. The molecule has 2 N–H and O–H groups in total. The van der Waals surface area contributed by atoms with Crippen molar-refractivity contribution < 1.29 is 13.2 Å². The number of carbonyl (C=O) groups excluding carboxylic acids is 1. The third-order valence-corrected chi connectivity index (χ3v) is 5.08. The second kappa shape index (κ2) is 6.99. The van der Waals surface area contributed by atoms with Crippen molar-refractivity contribution in [2.24, 2.45) is 0 Å². The van der Waals surface area contributed by atoms with Crippen molar-refractivity contribution >= 4 is 43.6 Å². The van der Waals surface area contributed by atoms with E-state index >= 15 is 0 Å². The molecule has 0 aliphatic rings. The van der Waals surface area contributed by atoms with Crippen LogP contribution < -0.4 is 10.6 Å². The molecule has 0 saturated carbocycles. The molecule has 1 amide bonds. The van der Waals surface area contributed by atoms with E-state index < -0.39 is 9.84 Å². The number of amides is 1. The summed E-state index contributed by atoms with van der Waals surface area (Å²) in [6.45, 7) is 0. The van der Waals surface area contributed by atoms with Gasteiger partial charge in [0, 0.05) is 23.5 Å². The van der Waals surface area contributed by atoms with Crippen molar-refractivity contribution in [1.29, 1.82) is 0 Å². The first-order valence-electron chi connectivity index (χ1n) is 7.16. The van der Waals surface area contributed by atoms with Crippen LogP contribution in [0, 0.1) is 0 Å². The minimum absolute atomic E-state index is 0.244. The molecule has 0 bridgehead atoms. The fraction of sp³-hybridized carbons (Fsp3) is 0.0625. The Morgan fingerprint density at radius 2 is 1.88 bits per heavy atom. The molecule has 0 atom stereocenters. The third-order valence-electron chi connectivity index (χ3n) is 3.19. The van der Waals surface area contributed by atoms with Gasteiger partial charge in [-0.1, -0.05) is 0 Å². The van der Waals surface area contributed by atoms with Gasteiger partial charge in [0.15, 0.2) is 15.0 Å². The van der Waals surface area contributed by atoms with E-state index in [0.29, 0.717) is 16.5 Å². The largest absolute Gasteiger partial charge is 0.332 e. The maximum absolute atomic E-state index is 12.1. The Morgan fingerprint density at radius 1 is 1.12 bits per heavy atom. The van der Waals surface area contributed by atoms with Gasteiger partial charge in [-0.05, 0) is 36.4 Å². The standard InChI is InChI=1S/C16H14N4O3S2/c1-25(22,23)13-6-4-11(5-7-13)19-16-20-14(10-24-16)15(21)18-12-3-2-8-17-9-12/h2-10H,1H3,(H,18,21)(H,19,20). The molecular formula is C16H14N4O3S2. The second-order valence-corrected chi connectivity index (χ2v) is 8.03. The van der Waals surface area contributed by atoms with E-state index in [1.807, 2.05) is 0 Å². The Balaban J connectivity index is 1.68. The van der Waals surface area contributed by atoms with Crippen LogP contribution in [0.15, 0.2) is 59.1 Å². The van der Waals surface area contributed by atoms with Gasteiger partial charge in [-0.15, -0.1) is 11.3 Å². The number of hydrogen-bond donors (Lipinski definition) is 2. The number of sulfone groups is 1. The SMILES string of the molecule is CS(=O)(=O)c1ccc(Nc2nc(C(=O)Nc3cccnc3)cs2)cc1. The van der Waals surface area contributed by atoms with Crippen molar-refractivity contribution in [3.8, 4) is 0 Å². The van der Waals surface area contributed by atoms with Gasteiger partial charge in [0.2, 0.25) is 0 Å². The van der Waals surface area contributed by atoms with Crippen LogP contribution in [0.1, 0.15) is 10.5 Å². The van der Waals surface area contributed by atoms with Gasteiger partial charge in [0.05, 0.1) is 16.8 Å². The average Bonchev–Trinajstić information content (AvgIpc) is 3.04. The maximum atomic E-state index is 12.1. The van der Waals surface area contributed by atoms with Crippen LogP contribution in [0.4, 0.5) is 16.5 Å². The lowest BCUT2D eigenvalue weighted by atomic mass is 10.3. The van der Waals surface area contributed by atoms with Crippen molar-refractivity contribution in [3.63, 3.8) is 0 Å². The van der Waals surface area contributed by atoms with Crippen LogP contribution in [0.5, 0.6) is 0 Å². The zero-order chi connectivity index (χ0) is 17.9. The van der Waals surface area contributed by atoms with E-state index in [4.69, 9.17) is 0 Å². The topological polar surface area (TPSA) is 101 Å². The number of pyridine rings is 1. The molecule has 0 saturated heterocycles. The number of carbonyl (C=O) groups is 1. The minimum atomic E-state index is -3.23. The van der Waals surface area contributed by atoms with E-state index in [1.54, 1.807) is 42.0 Å². The third kappa shape index (κ3) is 4.40. The van der Waals surface area contributed by atoms with Gasteiger partial charge in [-0.25, -0.2) is 13.4 Å². The Labute approximate surface area is 148 Å². The normalized spacial score (nSPS) is 11.1. The highest BCUT2D eigenvalue weighted by Crippen LogP contribution is 2.22. The predicted octanol–water partition coefficient (Wildman–Crippen LogP) is 2.94. The summed E-state index contributed by atoms with van der Waals surface area (Å²) in [5.74, 6) is -0.329. The second-order valence-electron chi connectivity index (χ2n) is 5.16. The number of rotatable bonds is 5. The van der Waals surface area contributed by atoms with Gasteiger partial charge in [-0.2, -0.15) is 0 Å². The van der Waals surface area contributed by atoms with Crippen LogP contribution in [-0.2, 0) is 9.84 Å². The summed E-state index contributed by atoms with van der Waals surface area (Å²) in [6, 6.07) is 9.78. The van der Waals surface area contributed by atoms with Gasteiger partial charge < -0.3 is 10.6 Å². The number of nitrogens with zero attached hydrogens (tertiary/aromatic N) is 2. The van der Waals surface area contributed by atoms with Crippen molar-refractivity contribution in [2.45, 2.75) is 4.90 Å². The fourth-order valence-electron chi connectivity index (χ4n) is 1.98. The van der Waals surface area contributed by atoms with E-state index in [0.717, 1.165) is 6.26 Å². The van der Waals surface area contributed by atoms with E-state index in [1.165, 1.54) is 23.5 Å². The van der Waals surface area contributed by atoms with Gasteiger partial charge in [0.1, 0.15) is 5.69 Å². The Bertz CT molecular complexity index is 984. The first-order chi connectivity index (χ1) is 11.9. The molecule has 0 radical (unpaired) electrons. The average molecular weight is 374 g/mol. The number of hydrogen-bond acceptors (Lipinski definition) is 7. The molecule has 0 aliphatic carbocycles. The molecule has 0 fully saturated rings. The summed E-state index contributed by atoms with van der Waals surface area (Å²) in [4.78, 5) is 20.5. The number of benzene rings is 1. The summed E-state index contributed by atoms with van der Waals surface area (Å²) in [7, 11) is -3.23. The van der Waals surface area contributed by atoms with E-state index in [2.05, 4.69) is 20.6 Å². The first-order valence-corrected chi connectivity index (χ1v) is 9.93. The molecule has 3 rings (SSSR count). The lowest BCUT2D eigenvalue weighted by Gasteiger charge is -2.04.